The lowest BCUT2D eigenvalue weighted by atomic mass is 10.2. The van der Waals surface area contributed by atoms with Crippen molar-refractivity contribution in [1.82, 2.24) is 9.62 Å². The highest BCUT2D eigenvalue weighted by molar-refractivity contribution is 7.89. The molecule has 0 aromatic heterocycles. The summed E-state index contributed by atoms with van der Waals surface area (Å²) in [6, 6.07) is 10.9. The van der Waals surface area contributed by atoms with Crippen LogP contribution in [-0.4, -0.2) is 65.2 Å². The first kappa shape index (κ1) is 24.5. The van der Waals surface area contributed by atoms with Crippen molar-refractivity contribution < 1.29 is 22.7 Å². The van der Waals surface area contributed by atoms with Crippen LogP contribution in [0.5, 0.6) is 5.75 Å². The molecule has 1 fully saturated rings. The zero-order chi connectivity index (χ0) is 23.0. The van der Waals surface area contributed by atoms with Gasteiger partial charge in [-0.1, -0.05) is 17.7 Å². The third-order valence-corrected chi connectivity index (χ3v) is 6.64. The van der Waals surface area contributed by atoms with Gasteiger partial charge >= 0.3 is 0 Å². The minimum atomic E-state index is -3.75. The molecule has 1 saturated heterocycles. The Bertz CT molecular complexity index is 1030. The van der Waals surface area contributed by atoms with Gasteiger partial charge in [0.2, 0.25) is 10.0 Å². The highest BCUT2D eigenvalue weighted by atomic mass is 35.5. The number of anilines is 1. The minimum Gasteiger partial charge on any atom is -0.492 e. The molecule has 8 nitrogen and oxygen atoms in total. The predicted molar refractivity (Wildman–Crippen MR) is 124 cm³/mol. The number of rotatable bonds is 10. The molecule has 1 aliphatic heterocycles. The molecule has 0 radical (unpaired) electrons. The zero-order valence-electron chi connectivity index (χ0n) is 18.0. The van der Waals surface area contributed by atoms with Gasteiger partial charge in [-0.15, -0.1) is 0 Å². The summed E-state index contributed by atoms with van der Waals surface area (Å²) in [4.78, 5) is 14.9. The van der Waals surface area contributed by atoms with Gasteiger partial charge in [0.05, 0.1) is 30.4 Å². The van der Waals surface area contributed by atoms with Crippen molar-refractivity contribution in [3.63, 3.8) is 0 Å². The molecule has 0 aliphatic carbocycles. The Morgan fingerprint density at radius 2 is 1.97 bits per heavy atom. The predicted octanol–water partition coefficient (Wildman–Crippen LogP) is 2.99. The maximum atomic E-state index is 12.8. The molecule has 0 unspecified atom stereocenters. The summed E-state index contributed by atoms with van der Waals surface area (Å²) < 4.78 is 39.1. The Labute approximate surface area is 193 Å². The fourth-order valence-corrected chi connectivity index (χ4v) is 4.59. The topological polar surface area (TPSA) is 97.0 Å². The number of hydrogen-bond acceptors (Lipinski definition) is 6. The molecular formula is C22H28ClN3O5S. The molecule has 2 aromatic carbocycles. The number of hydrogen-bond donors (Lipinski definition) is 2. The number of nitrogens with zero attached hydrogens (tertiary/aromatic N) is 1. The number of nitrogens with one attached hydrogen (secondary N) is 2. The lowest BCUT2D eigenvalue weighted by molar-refractivity contribution is 0.0376. The van der Waals surface area contributed by atoms with E-state index in [0.717, 1.165) is 19.6 Å². The number of carbonyl (C=O) groups is 1. The third kappa shape index (κ3) is 6.91. The van der Waals surface area contributed by atoms with Crippen LogP contribution < -0.4 is 14.8 Å². The first-order valence-corrected chi connectivity index (χ1v) is 12.4. The average Bonchev–Trinajstić information content (AvgIpc) is 2.78. The fraction of sp³-hybridized carbons (Fsp3) is 0.409. The van der Waals surface area contributed by atoms with Crippen molar-refractivity contribution in [1.29, 1.82) is 0 Å². The quantitative estimate of drug-likeness (QED) is 0.506. The molecule has 1 amide bonds. The molecule has 2 aromatic rings. The number of halogens is 1. The van der Waals surface area contributed by atoms with Crippen molar-refractivity contribution in [2.75, 3.05) is 51.3 Å². The molecule has 2 N–H and O–H groups in total. The SMILES string of the molecule is CCOc1ccc(S(=O)(=O)NCCCN2CCOCC2)cc1NC(=O)c1cccc(Cl)c1. The minimum absolute atomic E-state index is 0.0497. The van der Waals surface area contributed by atoms with Crippen LogP contribution in [0.25, 0.3) is 0 Å². The maximum absolute atomic E-state index is 12.8. The molecule has 0 spiro atoms. The normalized spacial score (nSPS) is 14.8. The van der Waals surface area contributed by atoms with E-state index in [2.05, 4.69) is 14.9 Å². The van der Waals surface area contributed by atoms with E-state index in [9.17, 15) is 13.2 Å². The van der Waals surface area contributed by atoms with E-state index in [4.69, 9.17) is 21.1 Å². The number of carbonyl (C=O) groups excluding carboxylic acids is 1. The summed E-state index contributed by atoms with van der Waals surface area (Å²) in [7, 11) is -3.75. The van der Waals surface area contributed by atoms with Crippen molar-refractivity contribution >= 4 is 33.2 Å². The second-order valence-electron chi connectivity index (χ2n) is 7.26. The van der Waals surface area contributed by atoms with Crippen LogP contribution in [0.4, 0.5) is 5.69 Å². The van der Waals surface area contributed by atoms with E-state index in [1.807, 2.05) is 6.92 Å². The van der Waals surface area contributed by atoms with E-state index in [0.29, 0.717) is 49.1 Å². The van der Waals surface area contributed by atoms with Crippen LogP contribution in [-0.2, 0) is 14.8 Å². The summed E-state index contributed by atoms with van der Waals surface area (Å²) in [6.45, 7) is 6.44. The number of amides is 1. The number of sulfonamides is 1. The van der Waals surface area contributed by atoms with Crippen LogP contribution in [0.15, 0.2) is 47.4 Å². The summed E-state index contributed by atoms with van der Waals surface area (Å²) in [5.41, 5.74) is 0.627. The largest absolute Gasteiger partial charge is 0.492 e. The van der Waals surface area contributed by atoms with Crippen LogP contribution in [0.3, 0.4) is 0 Å². The van der Waals surface area contributed by atoms with Gasteiger partial charge in [-0.05, 0) is 56.3 Å². The molecule has 1 heterocycles. The summed E-state index contributed by atoms with van der Waals surface area (Å²) in [5, 5.41) is 3.16. The molecule has 174 valence electrons. The lowest BCUT2D eigenvalue weighted by Gasteiger charge is -2.26. The van der Waals surface area contributed by atoms with E-state index in [1.165, 1.54) is 18.2 Å². The van der Waals surface area contributed by atoms with Gasteiger partial charge < -0.3 is 14.8 Å². The Balaban J connectivity index is 1.68. The summed E-state index contributed by atoms with van der Waals surface area (Å²) in [6.07, 6.45) is 0.689. The van der Waals surface area contributed by atoms with Gasteiger partial charge in [-0.3, -0.25) is 9.69 Å². The van der Waals surface area contributed by atoms with Gasteiger partial charge in [0.1, 0.15) is 5.75 Å². The van der Waals surface area contributed by atoms with Crippen LogP contribution in [0.2, 0.25) is 5.02 Å². The molecule has 0 bridgehead atoms. The van der Waals surface area contributed by atoms with Crippen LogP contribution >= 0.6 is 11.6 Å². The second-order valence-corrected chi connectivity index (χ2v) is 9.46. The maximum Gasteiger partial charge on any atom is 0.255 e. The smallest absolute Gasteiger partial charge is 0.255 e. The van der Waals surface area contributed by atoms with Crippen LogP contribution in [0, 0.1) is 0 Å². The highest BCUT2D eigenvalue weighted by Gasteiger charge is 2.18. The molecule has 3 rings (SSSR count). The third-order valence-electron chi connectivity index (χ3n) is 4.94. The molecule has 10 heteroatoms. The van der Waals surface area contributed by atoms with E-state index in [-0.39, 0.29) is 10.6 Å². The second kappa shape index (κ2) is 11.6. The first-order valence-electron chi connectivity index (χ1n) is 10.5. The molecule has 32 heavy (non-hydrogen) atoms. The lowest BCUT2D eigenvalue weighted by Crippen LogP contribution is -2.38. The van der Waals surface area contributed by atoms with Crippen molar-refractivity contribution in [2.45, 2.75) is 18.2 Å². The van der Waals surface area contributed by atoms with Gasteiger partial charge in [0.25, 0.3) is 5.91 Å². The molecular weight excluding hydrogens is 454 g/mol. The summed E-state index contributed by atoms with van der Waals surface area (Å²) in [5.74, 6) is -0.0318. The Morgan fingerprint density at radius 3 is 2.69 bits per heavy atom. The standard InChI is InChI=1S/C22H28ClN3O5S/c1-2-31-21-8-7-19(16-20(21)25-22(27)17-5-3-6-18(23)15-17)32(28,29)24-9-4-10-26-11-13-30-14-12-26/h3,5-8,15-16,24H,2,4,9-14H2,1H3,(H,25,27). The van der Waals surface area contributed by atoms with E-state index < -0.39 is 15.9 Å². The number of benzene rings is 2. The molecule has 1 aliphatic rings. The van der Waals surface area contributed by atoms with E-state index in [1.54, 1.807) is 24.3 Å². The highest BCUT2D eigenvalue weighted by Crippen LogP contribution is 2.28. The Morgan fingerprint density at radius 1 is 1.19 bits per heavy atom. The zero-order valence-corrected chi connectivity index (χ0v) is 19.5. The van der Waals surface area contributed by atoms with Crippen molar-refractivity contribution in [3.8, 4) is 5.75 Å². The van der Waals surface area contributed by atoms with Gasteiger partial charge in [0, 0.05) is 30.2 Å². The van der Waals surface area contributed by atoms with Gasteiger partial charge in [0.15, 0.2) is 0 Å². The number of morpholine rings is 1. The summed E-state index contributed by atoms with van der Waals surface area (Å²) >= 11 is 5.97. The van der Waals surface area contributed by atoms with E-state index >= 15 is 0 Å². The monoisotopic (exact) mass is 481 g/mol. The average molecular weight is 482 g/mol. The molecule has 0 atom stereocenters. The Kier molecular flexibility index (Phi) is 8.89. The van der Waals surface area contributed by atoms with Gasteiger partial charge in [-0.2, -0.15) is 0 Å². The Hall–Kier alpha value is -2.17. The van der Waals surface area contributed by atoms with Crippen molar-refractivity contribution in [3.05, 3.63) is 53.1 Å². The van der Waals surface area contributed by atoms with Crippen molar-refractivity contribution in [2.24, 2.45) is 0 Å². The van der Waals surface area contributed by atoms with Crippen LogP contribution in [0.1, 0.15) is 23.7 Å². The fourth-order valence-electron chi connectivity index (χ4n) is 3.30. The molecule has 0 saturated carbocycles. The van der Waals surface area contributed by atoms with Gasteiger partial charge in [-0.25, -0.2) is 13.1 Å². The number of ether oxygens (including phenoxy) is 2. The first-order chi connectivity index (χ1) is 15.4.